The molecule has 1 aromatic heterocycles. The average molecular weight is 329 g/mol. The van der Waals surface area contributed by atoms with Gasteiger partial charge in [0.1, 0.15) is 17.6 Å². The van der Waals surface area contributed by atoms with E-state index in [0.29, 0.717) is 6.54 Å². The SMILES string of the molecule is O=C(Cn1nc2ccccc2n1)N1CCC[C@]2(CNCC[C@@H]2O)C1. The van der Waals surface area contributed by atoms with Gasteiger partial charge in [-0.2, -0.15) is 15.0 Å². The lowest BCUT2D eigenvalue weighted by Crippen LogP contribution is -2.59. The third kappa shape index (κ3) is 2.78. The molecule has 2 aliphatic rings. The molecule has 2 aliphatic heterocycles. The molecule has 0 saturated carbocycles. The molecule has 2 fully saturated rings. The topological polar surface area (TPSA) is 83.3 Å². The van der Waals surface area contributed by atoms with Crippen molar-refractivity contribution >= 4 is 16.9 Å². The van der Waals surface area contributed by atoms with Gasteiger partial charge in [0.2, 0.25) is 5.91 Å². The Balaban J connectivity index is 1.47. The van der Waals surface area contributed by atoms with Crippen molar-refractivity contribution in [2.75, 3.05) is 26.2 Å². The van der Waals surface area contributed by atoms with Crippen LogP contribution in [0.4, 0.5) is 0 Å². The first kappa shape index (κ1) is 15.5. The molecule has 1 spiro atoms. The molecule has 2 aromatic rings. The minimum absolute atomic E-state index is 0.0205. The van der Waals surface area contributed by atoms with Crippen molar-refractivity contribution in [1.29, 1.82) is 0 Å². The highest BCUT2D eigenvalue weighted by Gasteiger charge is 2.44. The van der Waals surface area contributed by atoms with Gasteiger partial charge in [0.25, 0.3) is 0 Å². The number of nitrogens with one attached hydrogen (secondary N) is 1. The van der Waals surface area contributed by atoms with Crippen molar-refractivity contribution in [1.82, 2.24) is 25.2 Å². The number of rotatable bonds is 2. The van der Waals surface area contributed by atoms with E-state index in [1.165, 1.54) is 4.80 Å². The monoisotopic (exact) mass is 329 g/mol. The highest BCUT2D eigenvalue weighted by atomic mass is 16.3. The number of aromatic nitrogens is 3. The molecule has 0 bridgehead atoms. The fourth-order valence-electron chi connectivity index (χ4n) is 3.99. The maximum atomic E-state index is 12.7. The van der Waals surface area contributed by atoms with Crippen molar-refractivity contribution in [3.05, 3.63) is 24.3 Å². The molecule has 24 heavy (non-hydrogen) atoms. The number of nitrogens with zero attached hydrogens (tertiary/aromatic N) is 4. The van der Waals surface area contributed by atoms with Crippen LogP contribution in [0.2, 0.25) is 0 Å². The van der Waals surface area contributed by atoms with Crippen LogP contribution in [0.15, 0.2) is 24.3 Å². The lowest BCUT2D eigenvalue weighted by atomic mass is 9.72. The van der Waals surface area contributed by atoms with Crippen molar-refractivity contribution in [3.8, 4) is 0 Å². The number of carbonyl (C=O) groups excluding carboxylic acids is 1. The number of aliphatic hydroxyl groups is 1. The van der Waals surface area contributed by atoms with Gasteiger partial charge >= 0.3 is 0 Å². The van der Waals surface area contributed by atoms with Crippen molar-refractivity contribution in [2.24, 2.45) is 5.41 Å². The van der Waals surface area contributed by atoms with Gasteiger partial charge in [-0.3, -0.25) is 4.79 Å². The molecule has 0 unspecified atom stereocenters. The molecule has 7 nitrogen and oxygen atoms in total. The van der Waals surface area contributed by atoms with Crippen LogP contribution in [-0.4, -0.2) is 63.2 Å². The number of likely N-dealkylation sites (tertiary alicyclic amines) is 1. The van der Waals surface area contributed by atoms with Crippen LogP contribution in [-0.2, 0) is 11.3 Å². The van der Waals surface area contributed by atoms with Gasteiger partial charge in [0.15, 0.2) is 0 Å². The number of benzene rings is 1. The van der Waals surface area contributed by atoms with Crippen LogP contribution < -0.4 is 5.32 Å². The summed E-state index contributed by atoms with van der Waals surface area (Å²) in [6, 6.07) is 7.61. The van der Waals surface area contributed by atoms with E-state index in [1.807, 2.05) is 29.2 Å². The maximum absolute atomic E-state index is 12.7. The number of piperidine rings is 2. The summed E-state index contributed by atoms with van der Waals surface area (Å²) >= 11 is 0. The maximum Gasteiger partial charge on any atom is 0.246 e. The summed E-state index contributed by atoms with van der Waals surface area (Å²) in [6.07, 6.45) is 2.32. The quantitative estimate of drug-likeness (QED) is 0.833. The molecule has 4 rings (SSSR count). The summed E-state index contributed by atoms with van der Waals surface area (Å²) < 4.78 is 0. The van der Waals surface area contributed by atoms with E-state index in [2.05, 4.69) is 15.5 Å². The fraction of sp³-hybridized carbons (Fsp3) is 0.588. The number of fused-ring (bicyclic) bond motifs is 1. The van der Waals surface area contributed by atoms with Crippen molar-refractivity contribution in [3.63, 3.8) is 0 Å². The van der Waals surface area contributed by atoms with E-state index < -0.39 is 0 Å². The van der Waals surface area contributed by atoms with Crippen LogP contribution in [0.25, 0.3) is 11.0 Å². The molecular weight excluding hydrogens is 306 g/mol. The van der Waals surface area contributed by atoms with Crippen molar-refractivity contribution < 1.29 is 9.90 Å². The van der Waals surface area contributed by atoms with Crippen LogP contribution in [0.3, 0.4) is 0 Å². The Morgan fingerprint density at radius 3 is 2.79 bits per heavy atom. The molecule has 1 aromatic carbocycles. The van der Waals surface area contributed by atoms with Crippen LogP contribution in [0.5, 0.6) is 0 Å². The largest absolute Gasteiger partial charge is 0.392 e. The van der Waals surface area contributed by atoms with Crippen LogP contribution >= 0.6 is 0 Å². The van der Waals surface area contributed by atoms with Gasteiger partial charge < -0.3 is 15.3 Å². The number of hydrogen-bond acceptors (Lipinski definition) is 5. The number of carbonyl (C=O) groups is 1. The Morgan fingerprint density at radius 1 is 1.33 bits per heavy atom. The Hall–Kier alpha value is -1.99. The Kier molecular flexibility index (Phi) is 3.97. The third-order valence-corrected chi connectivity index (χ3v) is 5.34. The molecule has 1 amide bonds. The molecular formula is C17H23N5O2. The number of amides is 1. The zero-order valence-corrected chi connectivity index (χ0v) is 13.7. The zero-order valence-electron chi connectivity index (χ0n) is 13.7. The molecule has 2 atom stereocenters. The lowest BCUT2D eigenvalue weighted by molar-refractivity contribution is -0.139. The highest BCUT2D eigenvalue weighted by molar-refractivity contribution is 5.77. The average Bonchev–Trinajstić information content (AvgIpc) is 3.00. The predicted octanol–water partition coefficient (Wildman–Crippen LogP) is 0.394. The molecule has 0 radical (unpaired) electrons. The summed E-state index contributed by atoms with van der Waals surface area (Å²) in [5.74, 6) is 0.0205. The number of aliphatic hydroxyl groups excluding tert-OH is 1. The molecule has 2 N–H and O–H groups in total. The van der Waals surface area contributed by atoms with E-state index >= 15 is 0 Å². The Labute approximate surface area is 140 Å². The zero-order chi connectivity index (χ0) is 16.6. The van der Waals surface area contributed by atoms with Gasteiger partial charge in [-0.25, -0.2) is 0 Å². The predicted molar refractivity (Wildman–Crippen MR) is 89.3 cm³/mol. The third-order valence-electron chi connectivity index (χ3n) is 5.34. The first-order valence-corrected chi connectivity index (χ1v) is 8.63. The first-order chi connectivity index (χ1) is 11.7. The normalized spacial score (nSPS) is 27.7. The summed E-state index contributed by atoms with van der Waals surface area (Å²) in [4.78, 5) is 16.0. The second kappa shape index (κ2) is 6.14. The standard InChI is InChI=1S/C17H23N5O2/c23-15-6-8-18-11-17(15)7-3-9-21(12-17)16(24)10-22-19-13-4-1-2-5-14(13)20-22/h1-2,4-5,15,18,23H,3,6-12H2/t15-,17-/m0/s1. The van der Waals surface area contributed by atoms with Gasteiger partial charge in [-0.15, -0.1) is 0 Å². The molecule has 0 aliphatic carbocycles. The summed E-state index contributed by atoms with van der Waals surface area (Å²) in [5, 5.41) is 22.6. The van der Waals surface area contributed by atoms with Crippen LogP contribution in [0.1, 0.15) is 19.3 Å². The highest BCUT2D eigenvalue weighted by Crippen LogP contribution is 2.36. The summed E-state index contributed by atoms with van der Waals surface area (Å²) in [5.41, 5.74) is 1.40. The molecule has 2 saturated heterocycles. The number of hydrogen-bond donors (Lipinski definition) is 2. The lowest BCUT2D eigenvalue weighted by Gasteiger charge is -2.48. The van der Waals surface area contributed by atoms with E-state index in [1.54, 1.807) is 0 Å². The molecule has 7 heteroatoms. The van der Waals surface area contributed by atoms with Gasteiger partial charge in [-0.1, -0.05) is 12.1 Å². The van der Waals surface area contributed by atoms with Gasteiger partial charge in [0.05, 0.1) is 6.10 Å². The Morgan fingerprint density at radius 2 is 2.08 bits per heavy atom. The smallest absolute Gasteiger partial charge is 0.246 e. The van der Waals surface area contributed by atoms with Gasteiger partial charge in [-0.05, 0) is 37.9 Å². The fourth-order valence-corrected chi connectivity index (χ4v) is 3.99. The van der Waals surface area contributed by atoms with E-state index in [-0.39, 0.29) is 24.0 Å². The Bertz CT molecular complexity index is 708. The van der Waals surface area contributed by atoms with E-state index in [9.17, 15) is 9.90 Å². The van der Waals surface area contributed by atoms with Crippen LogP contribution in [0, 0.1) is 5.41 Å². The minimum Gasteiger partial charge on any atom is -0.392 e. The second-order valence-corrected chi connectivity index (χ2v) is 6.98. The van der Waals surface area contributed by atoms with Crippen molar-refractivity contribution in [2.45, 2.75) is 31.9 Å². The van der Waals surface area contributed by atoms with Gasteiger partial charge in [0, 0.05) is 25.0 Å². The first-order valence-electron chi connectivity index (χ1n) is 8.63. The van der Waals surface area contributed by atoms with E-state index in [4.69, 9.17) is 0 Å². The van der Waals surface area contributed by atoms with E-state index in [0.717, 1.165) is 49.9 Å². The minimum atomic E-state index is -0.334. The summed E-state index contributed by atoms with van der Waals surface area (Å²) in [6.45, 7) is 3.13. The second-order valence-electron chi connectivity index (χ2n) is 6.98. The molecule has 3 heterocycles. The molecule has 128 valence electrons. The summed E-state index contributed by atoms with van der Waals surface area (Å²) in [7, 11) is 0.